The molecule has 2 aromatic heterocycles. The van der Waals surface area contributed by atoms with E-state index in [-0.39, 0.29) is 5.56 Å². The zero-order valence-corrected chi connectivity index (χ0v) is 9.15. The number of aliphatic hydroxyl groups is 1. The summed E-state index contributed by atoms with van der Waals surface area (Å²) in [4.78, 5) is 26.4. The molecule has 1 atom stereocenters. The highest BCUT2D eigenvalue weighted by atomic mass is 16.4. The Kier molecular flexibility index (Phi) is 3.20. The zero-order chi connectivity index (χ0) is 13.1. The van der Waals surface area contributed by atoms with Gasteiger partial charge in [-0.15, -0.1) is 0 Å². The van der Waals surface area contributed by atoms with Crippen molar-refractivity contribution >= 4 is 17.4 Å². The highest BCUT2D eigenvalue weighted by Crippen LogP contribution is 2.08. The fraction of sp³-hybridized carbons (Fsp3) is 0.200. The van der Waals surface area contributed by atoms with Crippen molar-refractivity contribution in [3.8, 4) is 0 Å². The molecule has 0 saturated carbocycles. The third kappa shape index (κ3) is 2.13. The van der Waals surface area contributed by atoms with Crippen molar-refractivity contribution < 1.29 is 19.8 Å². The Hall–Kier alpha value is -2.48. The molecule has 3 N–H and O–H groups in total. The number of aliphatic carboxylic acids is 1. The van der Waals surface area contributed by atoms with E-state index in [1.165, 1.54) is 23.1 Å². The molecule has 2 heterocycles. The Morgan fingerprint density at radius 1 is 1.44 bits per heavy atom. The number of carboxylic acid groups (broad SMARTS) is 1. The van der Waals surface area contributed by atoms with Gasteiger partial charge in [-0.3, -0.25) is 9.78 Å². The van der Waals surface area contributed by atoms with Gasteiger partial charge in [0.15, 0.2) is 6.04 Å². The SMILES string of the molecule is O=C(N[C@@H](CO)C(=O)O)c1cnn2ccncc12. The van der Waals surface area contributed by atoms with Crippen molar-refractivity contribution in [3.63, 3.8) is 0 Å². The van der Waals surface area contributed by atoms with Crippen LogP contribution in [0.2, 0.25) is 0 Å². The van der Waals surface area contributed by atoms with Gasteiger partial charge in [-0.05, 0) is 0 Å². The van der Waals surface area contributed by atoms with Crippen LogP contribution in [-0.2, 0) is 4.79 Å². The number of nitrogens with zero attached hydrogens (tertiary/aromatic N) is 3. The summed E-state index contributed by atoms with van der Waals surface area (Å²) in [7, 11) is 0. The van der Waals surface area contributed by atoms with Gasteiger partial charge in [-0.2, -0.15) is 5.10 Å². The largest absolute Gasteiger partial charge is 0.480 e. The average molecular weight is 250 g/mol. The number of amides is 1. The predicted octanol–water partition coefficient (Wildman–Crippen LogP) is -1.10. The van der Waals surface area contributed by atoms with Crippen LogP contribution in [0.25, 0.3) is 5.52 Å². The topological polar surface area (TPSA) is 117 Å². The Bertz CT molecular complexity index is 594. The minimum atomic E-state index is -1.34. The van der Waals surface area contributed by atoms with Gasteiger partial charge in [-0.1, -0.05) is 0 Å². The number of nitrogens with one attached hydrogen (secondary N) is 1. The molecule has 94 valence electrons. The maximum absolute atomic E-state index is 11.8. The number of hydrogen-bond donors (Lipinski definition) is 3. The standard InChI is InChI=1S/C10H10N4O4/c15-5-7(10(17)18)13-9(16)6-3-12-14-2-1-11-4-8(6)14/h1-4,7,15H,5H2,(H,13,16)(H,17,18)/t7-/m0/s1. The predicted molar refractivity (Wildman–Crippen MR) is 59.0 cm³/mol. The molecular weight excluding hydrogens is 240 g/mol. The fourth-order valence-electron chi connectivity index (χ4n) is 1.43. The molecule has 0 aliphatic carbocycles. The van der Waals surface area contributed by atoms with Crippen molar-refractivity contribution in [3.05, 3.63) is 30.4 Å². The normalized spacial score (nSPS) is 12.3. The van der Waals surface area contributed by atoms with Crippen molar-refractivity contribution in [1.82, 2.24) is 19.9 Å². The summed E-state index contributed by atoms with van der Waals surface area (Å²) >= 11 is 0. The Morgan fingerprint density at radius 2 is 2.22 bits per heavy atom. The highest BCUT2D eigenvalue weighted by Gasteiger charge is 2.21. The molecule has 18 heavy (non-hydrogen) atoms. The zero-order valence-electron chi connectivity index (χ0n) is 9.15. The molecular formula is C10H10N4O4. The summed E-state index contributed by atoms with van der Waals surface area (Å²) in [6.07, 6.45) is 5.82. The summed E-state index contributed by atoms with van der Waals surface area (Å²) in [5.74, 6) is -1.93. The third-order valence-corrected chi connectivity index (χ3v) is 2.36. The smallest absolute Gasteiger partial charge is 0.328 e. The van der Waals surface area contributed by atoms with Crippen molar-refractivity contribution in [1.29, 1.82) is 0 Å². The number of carbonyl (C=O) groups is 2. The van der Waals surface area contributed by atoms with Crippen LogP contribution in [0.3, 0.4) is 0 Å². The van der Waals surface area contributed by atoms with Crippen LogP contribution >= 0.6 is 0 Å². The van der Waals surface area contributed by atoms with Gasteiger partial charge in [-0.25, -0.2) is 9.31 Å². The van der Waals surface area contributed by atoms with Crippen LogP contribution in [0.5, 0.6) is 0 Å². The molecule has 0 unspecified atom stereocenters. The molecule has 0 spiro atoms. The van der Waals surface area contributed by atoms with Gasteiger partial charge in [0.1, 0.15) is 0 Å². The van der Waals surface area contributed by atoms with Crippen LogP contribution < -0.4 is 5.32 Å². The summed E-state index contributed by atoms with van der Waals surface area (Å²) in [6, 6.07) is -1.34. The number of fused-ring (bicyclic) bond motifs is 1. The molecule has 0 aliphatic heterocycles. The number of aromatic nitrogens is 3. The lowest BCUT2D eigenvalue weighted by molar-refractivity contribution is -0.140. The van der Waals surface area contributed by atoms with E-state index in [0.29, 0.717) is 5.52 Å². The van der Waals surface area contributed by atoms with E-state index >= 15 is 0 Å². The Labute approximate surface area is 101 Å². The van der Waals surface area contributed by atoms with E-state index in [1.54, 1.807) is 6.20 Å². The van der Waals surface area contributed by atoms with Crippen molar-refractivity contribution in [2.24, 2.45) is 0 Å². The van der Waals surface area contributed by atoms with Crippen molar-refractivity contribution in [2.75, 3.05) is 6.61 Å². The fourth-order valence-corrected chi connectivity index (χ4v) is 1.43. The molecule has 8 heteroatoms. The van der Waals surface area contributed by atoms with Crippen LogP contribution in [0.1, 0.15) is 10.4 Å². The average Bonchev–Trinajstić information content (AvgIpc) is 2.79. The number of rotatable bonds is 4. The van der Waals surface area contributed by atoms with Gasteiger partial charge in [0.25, 0.3) is 5.91 Å². The Morgan fingerprint density at radius 3 is 2.89 bits per heavy atom. The first-order valence-corrected chi connectivity index (χ1v) is 5.05. The summed E-state index contributed by atoms with van der Waals surface area (Å²) in [6.45, 7) is -0.682. The van der Waals surface area contributed by atoms with Crippen LogP contribution in [0, 0.1) is 0 Å². The molecule has 0 radical (unpaired) electrons. The van der Waals surface area contributed by atoms with Crippen LogP contribution in [-0.4, -0.2) is 49.3 Å². The van der Waals surface area contributed by atoms with Gasteiger partial charge >= 0.3 is 5.97 Å². The van der Waals surface area contributed by atoms with E-state index in [2.05, 4.69) is 15.4 Å². The number of carboxylic acids is 1. The first-order chi connectivity index (χ1) is 8.63. The van der Waals surface area contributed by atoms with Crippen LogP contribution in [0.4, 0.5) is 0 Å². The molecule has 0 bridgehead atoms. The second kappa shape index (κ2) is 4.80. The molecule has 2 aromatic rings. The minimum Gasteiger partial charge on any atom is -0.480 e. The third-order valence-electron chi connectivity index (χ3n) is 2.36. The van der Waals surface area contributed by atoms with E-state index in [1.807, 2.05) is 0 Å². The van der Waals surface area contributed by atoms with E-state index < -0.39 is 24.5 Å². The minimum absolute atomic E-state index is 0.197. The van der Waals surface area contributed by atoms with Gasteiger partial charge in [0.05, 0.1) is 30.1 Å². The maximum atomic E-state index is 11.8. The highest BCUT2D eigenvalue weighted by molar-refractivity contribution is 6.02. The molecule has 0 saturated heterocycles. The second-order valence-corrected chi connectivity index (χ2v) is 3.51. The maximum Gasteiger partial charge on any atom is 0.328 e. The first-order valence-electron chi connectivity index (χ1n) is 5.05. The molecule has 2 rings (SSSR count). The molecule has 0 aliphatic rings. The molecule has 0 aromatic carbocycles. The Balaban J connectivity index is 2.26. The van der Waals surface area contributed by atoms with E-state index in [9.17, 15) is 9.59 Å². The lowest BCUT2D eigenvalue weighted by Gasteiger charge is -2.10. The molecule has 8 nitrogen and oxygen atoms in total. The summed E-state index contributed by atoms with van der Waals surface area (Å²) in [5.41, 5.74) is 0.653. The van der Waals surface area contributed by atoms with Gasteiger partial charge in [0, 0.05) is 12.4 Å². The monoisotopic (exact) mass is 250 g/mol. The number of hydrogen-bond acceptors (Lipinski definition) is 5. The lowest BCUT2D eigenvalue weighted by atomic mass is 10.2. The van der Waals surface area contributed by atoms with Gasteiger partial charge < -0.3 is 15.5 Å². The summed E-state index contributed by atoms with van der Waals surface area (Å²) in [5, 5.41) is 23.7. The van der Waals surface area contributed by atoms with Gasteiger partial charge in [0.2, 0.25) is 0 Å². The number of carbonyl (C=O) groups excluding carboxylic acids is 1. The van der Waals surface area contributed by atoms with Crippen molar-refractivity contribution in [2.45, 2.75) is 6.04 Å². The quantitative estimate of drug-likeness (QED) is 0.634. The lowest BCUT2D eigenvalue weighted by Crippen LogP contribution is -2.43. The van der Waals surface area contributed by atoms with Crippen LogP contribution in [0.15, 0.2) is 24.8 Å². The van der Waals surface area contributed by atoms with E-state index in [0.717, 1.165) is 0 Å². The summed E-state index contributed by atoms with van der Waals surface area (Å²) < 4.78 is 1.44. The number of aliphatic hydroxyl groups excluding tert-OH is 1. The molecule has 0 fully saturated rings. The van der Waals surface area contributed by atoms with E-state index in [4.69, 9.17) is 10.2 Å². The second-order valence-electron chi connectivity index (χ2n) is 3.51. The molecule has 1 amide bonds. The first kappa shape index (κ1) is 12.0.